The molecule has 1 heterocycles. The third-order valence-electron chi connectivity index (χ3n) is 3.91. The molecule has 160 valence electrons. The normalized spacial score (nSPS) is 11.6. The van der Waals surface area contributed by atoms with Crippen LogP contribution in [0, 0.1) is 0 Å². The van der Waals surface area contributed by atoms with Crippen LogP contribution in [0.15, 0.2) is 41.5 Å². The van der Waals surface area contributed by atoms with E-state index in [2.05, 4.69) is 20.3 Å². The minimum absolute atomic E-state index is 0. The second-order valence-electron chi connectivity index (χ2n) is 6.23. The molecule has 0 saturated carbocycles. The number of aromatic amines is 1. The van der Waals surface area contributed by atoms with E-state index in [-0.39, 0.29) is 30.5 Å². The number of H-pyrrole nitrogens is 1. The van der Waals surface area contributed by atoms with Gasteiger partial charge in [0.1, 0.15) is 12.4 Å². The monoisotopic (exact) mass is 524 g/mol. The maximum atomic E-state index is 12.4. The van der Waals surface area contributed by atoms with Crippen molar-refractivity contribution in [2.24, 2.45) is 4.99 Å². The zero-order valence-electron chi connectivity index (χ0n) is 16.3. The Morgan fingerprint density at radius 2 is 1.86 bits per heavy atom. The van der Waals surface area contributed by atoms with Crippen molar-refractivity contribution in [2.75, 3.05) is 34.2 Å². The molecule has 1 aromatic carbocycles. The summed E-state index contributed by atoms with van der Waals surface area (Å²) in [4.78, 5) is 25.8. The van der Waals surface area contributed by atoms with Gasteiger partial charge >= 0.3 is 6.18 Å². The number of aromatic nitrogens is 2. The quantitative estimate of drug-likeness (QED) is 0.346. The van der Waals surface area contributed by atoms with Crippen molar-refractivity contribution in [1.82, 2.24) is 25.1 Å². The van der Waals surface area contributed by atoms with Gasteiger partial charge in [-0.05, 0) is 5.56 Å². The first kappa shape index (κ1) is 24.7. The van der Waals surface area contributed by atoms with E-state index < -0.39 is 18.6 Å². The zero-order chi connectivity index (χ0) is 20.7. The molecule has 29 heavy (non-hydrogen) atoms. The van der Waals surface area contributed by atoms with Crippen LogP contribution in [-0.2, 0) is 11.3 Å². The van der Waals surface area contributed by atoms with Crippen LogP contribution in [0.4, 0.5) is 13.2 Å². The molecule has 0 aliphatic rings. The number of nitrogens with one attached hydrogen (secondary N) is 2. The molecule has 1 amide bonds. The molecule has 1 aromatic heterocycles. The maximum Gasteiger partial charge on any atom is 0.406 e. The molecule has 2 N–H and O–H groups in total. The molecule has 0 unspecified atom stereocenters. The molecule has 2 rings (SSSR count). The lowest BCUT2D eigenvalue weighted by Gasteiger charge is -2.23. The Morgan fingerprint density at radius 3 is 2.45 bits per heavy atom. The fourth-order valence-corrected chi connectivity index (χ4v) is 2.54. The van der Waals surface area contributed by atoms with Crippen LogP contribution in [0.25, 0.3) is 11.3 Å². The molecule has 0 bridgehead atoms. The first-order valence-electron chi connectivity index (χ1n) is 8.51. The number of rotatable bonds is 6. The van der Waals surface area contributed by atoms with Crippen LogP contribution in [0.2, 0.25) is 0 Å². The van der Waals surface area contributed by atoms with Gasteiger partial charge in [0.15, 0.2) is 5.96 Å². The van der Waals surface area contributed by atoms with Crippen molar-refractivity contribution >= 4 is 35.8 Å². The van der Waals surface area contributed by atoms with Gasteiger partial charge in [0.25, 0.3) is 0 Å². The lowest BCUT2D eigenvalue weighted by atomic mass is 10.2. The SMILES string of the molecule is CN=C(NCC(=O)N(C)CC(F)(F)F)N(C)Cc1ncc(-c2ccccc2)[nH]1.I. The molecule has 0 radical (unpaired) electrons. The highest BCUT2D eigenvalue weighted by atomic mass is 127. The molecule has 0 saturated heterocycles. The van der Waals surface area contributed by atoms with Gasteiger partial charge < -0.3 is 20.1 Å². The Balaban J connectivity index is 0.00000420. The minimum Gasteiger partial charge on any atom is -0.347 e. The zero-order valence-corrected chi connectivity index (χ0v) is 18.7. The van der Waals surface area contributed by atoms with Gasteiger partial charge in [-0.25, -0.2) is 4.98 Å². The van der Waals surface area contributed by atoms with Crippen LogP contribution in [-0.4, -0.2) is 72.0 Å². The largest absolute Gasteiger partial charge is 0.406 e. The average Bonchev–Trinajstić information content (AvgIpc) is 3.09. The molecule has 0 fully saturated rings. The number of carbonyl (C=O) groups excluding carboxylic acids is 1. The number of aliphatic imine (C=N–C) groups is 1. The molecule has 0 atom stereocenters. The summed E-state index contributed by atoms with van der Waals surface area (Å²) >= 11 is 0. The number of amides is 1. The van der Waals surface area contributed by atoms with E-state index in [9.17, 15) is 18.0 Å². The summed E-state index contributed by atoms with van der Waals surface area (Å²) in [6, 6.07) is 9.72. The van der Waals surface area contributed by atoms with E-state index in [1.165, 1.54) is 7.05 Å². The van der Waals surface area contributed by atoms with E-state index >= 15 is 0 Å². The van der Waals surface area contributed by atoms with Gasteiger partial charge in [-0.3, -0.25) is 9.79 Å². The van der Waals surface area contributed by atoms with Gasteiger partial charge in [0.2, 0.25) is 5.91 Å². The number of alkyl halides is 3. The summed E-state index contributed by atoms with van der Waals surface area (Å²) in [6.45, 7) is -1.22. The summed E-state index contributed by atoms with van der Waals surface area (Å²) in [7, 11) is 4.38. The van der Waals surface area contributed by atoms with Crippen molar-refractivity contribution in [3.05, 3.63) is 42.4 Å². The lowest BCUT2D eigenvalue weighted by molar-refractivity contribution is -0.157. The third-order valence-corrected chi connectivity index (χ3v) is 3.91. The first-order valence-corrected chi connectivity index (χ1v) is 8.51. The summed E-state index contributed by atoms with van der Waals surface area (Å²) in [5.41, 5.74) is 1.88. The van der Waals surface area contributed by atoms with Gasteiger partial charge in [0, 0.05) is 21.1 Å². The highest BCUT2D eigenvalue weighted by molar-refractivity contribution is 14.0. The molecule has 0 aliphatic carbocycles. The smallest absolute Gasteiger partial charge is 0.347 e. The van der Waals surface area contributed by atoms with Gasteiger partial charge in [-0.2, -0.15) is 13.2 Å². The van der Waals surface area contributed by atoms with Crippen molar-refractivity contribution in [1.29, 1.82) is 0 Å². The molecule has 0 spiro atoms. The number of imidazole rings is 1. The standard InChI is InChI=1S/C18H23F3N6O.HI/c1-22-17(24-10-16(28)27(3)12-18(19,20)21)26(2)11-15-23-9-14(25-15)13-7-5-4-6-8-13;/h4-9H,10-12H2,1-3H3,(H,22,24)(H,23,25);1H. The fourth-order valence-electron chi connectivity index (χ4n) is 2.54. The Morgan fingerprint density at radius 1 is 1.21 bits per heavy atom. The van der Waals surface area contributed by atoms with Gasteiger partial charge in [-0.15, -0.1) is 24.0 Å². The van der Waals surface area contributed by atoms with Crippen LogP contribution in [0.3, 0.4) is 0 Å². The number of nitrogens with zero attached hydrogens (tertiary/aromatic N) is 4. The van der Waals surface area contributed by atoms with E-state index in [0.29, 0.717) is 23.2 Å². The number of guanidine groups is 1. The van der Waals surface area contributed by atoms with Crippen molar-refractivity contribution in [3.8, 4) is 11.3 Å². The van der Waals surface area contributed by atoms with E-state index in [1.54, 1.807) is 18.1 Å². The Hall–Kier alpha value is -2.31. The third kappa shape index (κ3) is 7.91. The summed E-state index contributed by atoms with van der Waals surface area (Å²) in [6.07, 6.45) is -2.71. The molecule has 11 heteroatoms. The van der Waals surface area contributed by atoms with Crippen LogP contribution < -0.4 is 5.32 Å². The maximum absolute atomic E-state index is 12.4. The predicted molar refractivity (Wildman–Crippen MR) is 116 cm³/mol. The van der Waals surface area contributed by atoms with E-state index in [4.69, 9.17) is 0 Å². The van der Waals surface area contributed by atoms with Crippen LogP contribution in [0.1, 0.15) is 5.82 Å². The van der Waals surface area contributed by atoms with Crippen molar-refractivity contribution in [3.63, 3.8) is 0 Å². The highest BCUT2D eigenvalue weighted by Crippen LogP contribution is 2.17. The minimum atomic E-state index is -4.43. The predicted octanol–water partition coefficient (Wildman–Crippen LogP) is 2.72. The number of carbonyl (C=O) groups is 1. The van der Waals surface area contributed by atoms with Crippen LogP contribution >= 0.6 is 24.0 Å². The summed E-state index contributed by atoms with van der Waals surface area (Å²) < 4.78 is 37.1. The number of benzene rings is 1. The van der Waals surface area contributed by atoms with Crippen LogP contribution in [0.5, 0.6) is 0 Å². The molecular formula is C18H24F3IN6O. The number of hydrogen-bond acceptors (Lipinski definition) is 3. The van der Waals surface area contributed by atoms with Gasteiger partial charge in [-0.1, -0.05) is 30.3 Å². The first-order chi connectivity index (χ1) is 13.2. The summed E-state index contributed by atoms with van der Waals surface area (Å²) in [5, 5.41) is 2.77. The summed E-state index contributed by atoms with van der Waals surface area (Å²) in [5.74, 6) is 0.368. The van der Waals surface area contributed by atoms with Crippen molar-refractivity contribution < 1.29 is 18.0 Å². The Kier molecular flexibility index (Phi) is 9.40. The Bertz CT molecular complexity index is 809. The van der Waals surface area contributed by atoms with E-state index in [1.807, 2.05) is 30.3 Å². The topological polar surface area (TPSA) is 76.6 Å². The molecular weight excluding hydrogens is 500 g/mol. The lowest BCUT2D eigenvalue weighted by Crippen LogP contribution is -2.46. The van der Waals surface area contributed by atoms with E-state index in [0.717, 1.165) is 18.3 Å². The highest BCUT2D eigenvalue weighted by Gasteiger charge is 2.31. The molecule has 2 aromatic rings. The molecule has 7 nitrogen and oxygen atoms in total. The van der Waals surface area contributed by atoms with Crippen molar-refractivity contribution in [2.45, 2.75) is 12.7 Å². The average molecular weight is 524 g/mol. The molecule has 0 aliphatic heterocycles. The number of likely N-dealkylation sites (N-methyl/N-ethyl adjacent to an activating group) is 1. The second-order valence-corrected chi connectivity index (χ2v) is 6.23. The Labute approximate surface area is 184 Å². The second kappa shape index (κ2) is 11.0. The van der Waals surface area contributed by atoms with Gasteiger partial charge in [0.05, 0.1) is 25.0 Å². The number of halogens is 4. The number of hydrogen-bond donors (Lipinski definition) is 2. The fraction of sp³-hybridized carbons (Fsp3) is 0.389.